The summed E-state index contributed by atoms with van der Waals surface area (Å²) in [5, 5.41) is 8.98. The van der Waals surface area contributed by atoms with Gasteiger partial charge in [-0.3, -0.25) is 25.2 Å². The van der Waals surface area contributed by atoms with E-state index in [0.717, 1.165) is 0 Å². The largest absolute Gasteiger partial charge is 0.507 e. The number of nitrogens with one attached hydrogen (secondary N) is 2. The first-order chi connectivity index (χ1) is 14.8. The molecule has 0 aromatic heterocycles. The SMILES string of the molecule is NNC(=O)c1ccccc1.NNC(=O)c1ccccc1N.Nc1ccc(C=O)c(O)c1. The van der Waals surface area contributed by atoms with Gasteiger partial charge in [-0.15, -0.1) is 0 Å². The van der Waals surface area contributed by atoms with Crippen LogP contribution in [-0.4, -0.2) is 23.2 Å². The topological polar surface area (TPSA) is 200 Å². The van der Waals surface area contributed by atoms with Crippen LogP contribution in [0.5, 0.6) is 5.75 Å². The Morgan fingerprint density at radius 2 is 1.39 bits per heavy atom. The number of phenolic OH excluding ortho intramolecular Hbond substituents is 1. The summed E-state index contributed by atoms with van der Waals surface area (Å²) in [5.74, 6) is 9.11. The Labute approximate surface area is 178 Å². The van der Waals surface area contributed by atoms with Crippen molar-refractivity contribution in [2.75, 3.05) is 11.5 Å². The molecule has 0 aliphatic carbocycles. The molecule has 10 nitrogen and oxygen atoms in total. The van der Waals surface area contributed by atoms with E-state index >= 15 is 0 Å². The maximum atomic E-state index is 10.9. The smallest absolute Gasteiger partial charge is 0.267 e. The van der Waals surface area contributed by atoms with Crippen LogP contribution in [0.4, 0.5) is 11.4 Å². The summed E-state index contributed by atoms with van der Waals surface area (Å²) in [5.41, 5.74) is 16.9. The number of aromatic hydroxyl groups is 1. The lowest BCUT2D eigenvalue weighted by molar-refractivity contribution is 0.0946. The average molecular weight is 424 g/mol. The molecule has 0 aliphatic heterocycles. The third kappa shape index (κ3) is 8.23. The maximum absolute atomic E-state index is 10.9. The van der Waals surface area contributed by atoms with Crippen molar-refractivity contribution in [1.29, 1.82) is 0 Å². The molecular weight excluding hydrogens is 400 g/mol. The number of amides is 2. The van der Waals surface area contributed by atoms with Crippen molar-refractivity contribution in [3.05, 3.63) is 89.5 Å². The predicted molar refractivity (Wildman–Crippen MR) is 119 cm³/mol. The summed E-state index contributed by atoms with van der Waals surface area (Å²) in [6, 6.07) is 19.9. The van der Waals surface area contributed by atoms with Crippen molar-refractivity contribution >= 4 is 29.5 Å². The molecule has 11 N–H and O–H groups in total. The second-order valence-corrected chi connectivity index (χ2v) is 5.84. The fourth-order valence-corrected chi connectivity index (χ4v) is 2.11. The number of hydrogen-bond donors (Lipinski definition) is 7. The van der Waals surface area contributed by atoms with Gasteiger partial charge in [0.2, 0.25) is 0 Å². The van der Waals surface area contributed by atoms with Crippen LogP contribution in [0.1, 0.15) is 31.1 Å². The summed E-state index contributed by atoms with van der Waals surface area (Å²) in [4.78, 5) is 31.8. The number of hydrazine groups is 2. The lowest BCUT2D eigenvalue weighted by atomic mass is 10.2. The van der Waals surface area contributed by atoms with Crippen molar-refractivity contribution < 1.29 is 19.5 Å². The first-order valence-electron chi connectivity index (χ1n) is 8.79. The van der Waals surface area contributed by atoms with Gasteiger partial charge in [-0.2, -0.15) is 0 Å². The summed E-state index contributed by atoms with van der Waals surface area (Å²) < 4.78 is 0. The molecule has 0 spiro atoms. The first kappa shape index (κ1) is 24.6. The molecule has 0 bridgehead atoms. The van der Waals surface area contributed by atoms with Gasteiger partial charge < -0.3 is 16.6 Å². The van der Waals surface area contributed by atoms with Gasteiger partial charge >= 0.3 is 0 Å². The van der Waals surface area contributed by atoms with Crippen molar-refractivity contribution in [3.8, 4) is 5.75 Å². The Morgan fingerprint density at radius 3 is 1.90 bits per heavy atom. The van der Waals surface area contributed by atoms with Gasteiger partial charge in [-0.1, -0.05) is 30.3 Å². The van der Waals surface area contributed by atoms with Gasteiger partial charge in [0.15, 0.2) is 6.29 Å². The van der Waals surface area contributed by atoms with Gasteiger partial charge in [0.25, 0.3) is 11.8 Å². The molecule has 0 atom stereocenters. The molecule has 0 radical (unpaired) electrons. The van der Waals surface area contributed by atoms with Gasteiger partial charge in [-0.05, 0) is 36.4 Å². The second-order valence-electron chi connectivity index (χ2n) is 5.84. The van der Waals surface area contributed by atoms with E-state index in [2.05, 4.69) is 0 Å². The third-order valence-electron chi connectivity index (χ3n) is 3.69. The van der Waals surface area contributed by atoms with E-state index < -0.39 is 0 Å². The average Bonchev–Trinajstić information content (AvgIpc) is 2.80. The van der Waals surface area contributed by atoms with E-state index in [-0.39, 0.29) is 23.1 Å². The van der Waals surface area contributed by atoms with Gasteiger partial charge in [0, 0.05) is 23.0 Å². The normalized spacial score (nSPS) is 9.10. The molecule has 0 saturated carbocycles. The number of nitrogen functional groups attached to an aromatic ring is 4. The summed E-state index contributed by atoms with van der Waals surface area (Å²) >= 11 is 0. The molecule has 3 aromatic rings. The molecule has 0 fully saturated rings. The van der Waals surface area contributed by atoms with Crippen molar-refractivity contribution in [1.82, 2.24) is 10.9 Å². The molecule has 0 unspecified atom stereocenters. The number of carbonyl (C=O) groups excluding carboxylic acids is 3. The lowest BCUT2D eigenvalue weighted by Crippen LogP contribution is -2.30. The van der Waals surface area contributed by atoms with Crippen molar-refractivity contribution in [3.63, 3.8) is 0 Å². The van der Waals surface area contributed by atoms with Crippen LogP contribution in [-0.2, 0) is 0 Å². The molecule has 2 amide bonds. The Hall–Kier alpha value is -4.41. The molecule has 31 heavy (non-hydrogen) atoms. The Bertz CT molecular complexity index is 1010. The van der Waals surface area contributed by atoms with Crippen LogP contribution in [0.2, 0.25) is 0 Å². The monoisotopic (exact) mass is 424 g/mol. The predicted octanol–water partition coefficient (Wildman–Crippen LogP) is 0.949. The van der Waals surface area contributed by atoms with E-state index in [4.69, 9.17) is 28.3 Å². The highest BCUT2D eigenvalue weighted by molar-refractivity contribution is 5.98. The highest BCUT2D eigenvalue weighted by Gasteiger charge is 2.05. The summed E-state index contributed by atoms with van der Waals surface area (Å²) in [6.45, 7) is 0. The zero-order valence-corrected chi connectivity index (χ0v) is 16.5. The van der Waals surface area contributed by atoms with Crippen molar-refractivity contribution in [2.24, 2.45) is 11.7 Å². The standard InChI is InChI=1S/C7H9N3O.C7H8N2O.C7H7NO2/c8-6-4-2-1-3-5(6)7(11)10-9;8-9-7(10)6-4-2-1-3-5-6;8-6-2-1-5(4-9)7(10)3-6/h1-4H,8-9H2,(H,10,11);1-5H,8H2,(H,9,10);1-4,10H,8H2. The van der Waals surface area contributed by atoms with Crippen LogP contribution in [0.3, 0.4) is 0 Å². The minimum atomic E-state index is -0.372. The molecular formula is C21H24N6O4. The van der Waals surface area contributed by atoms with Crippen LogP contribution in [0.25, 0.3) is 0 Å². The lowest BCUT2D eigenvalue weighted by Gasteiger charge is -2.01. The fraction of sp³-hybridized carbons (Fsp3) is 0. The zero-order valence-electron chi connectivity index (χ0n) is 16.5. The highest BCUT2D eigenvalue weighted by atomic mass is 16.3. The number of rotatable bonds is 3. The molecule has 0 aliphatic rings. The maximum Gasteiger partial charge on any atom is 0.267 e. The third-order valence-corrected chi connectivity index (χ3v) is 3.69. The number of para-hydroxylation sites is 1. The number of carbonyl (C=O) groups is 3. The van der Waals surface area contributed by atoms with Crippen LogP contribution < -0.4 is 34.0 Å². The van der Waals surface area contributed by atoms with E-state index in [1.165, 1.54) is 12.1 Å². The van der Waals surface area contributed by atoms with E-state index in [0.29, 0.717) is 28.8 Å². The second kappa shape index (κ2) is 12.9. The number of phenols is 1. The quantitative estimate of drug-likeness (QED) is 0.106. The van der Waals surface area contributed by atoms with Gasteiger partial charge in [0.1, 0.15) is 5.75 Å². The van der Waals surface area contributed by atoms with Crippen molar-refractivity contribution in [2.45, 2.75) is 0 Å². The van der Waals surface area contributed by atoms with E-state index in [1.54, 1.807) is 54.6 Å². The molecule has 0 heterocycles. The zero-order chi connectivity index (χ0) is 23.2. The van der Waals surface area contributed by atoms with Crippen LogP contribution >= 0.6 is 0 Å². The number of hydrogen-bond acceptors (Lipinski definition) is 8. The Balaban J connectivity index is 0.000000233. The Kier molecular flexibility index (Phi) is 10.3. The van der Waals surface area contributed by atoms with E-state index in [9.17, 15) is 14.4 Å². The van der Waals surface area contributed by atoms with Crippen LogP contribution in [0, 0.1) is 0 Å². The molecule has 3 aromatic carbocycles. The number of nitrogens with two attached hydrogens (primary N) is 4. The minimum absolute atomic E-state index is 0.0741. The van der Waals surface area contributed by atoms with Gasteiger partial charge in [0.05, 0.1) is 11.1 Å². The highest BCUT2D eigenvalue weighted by Crippen LogP contribution is 2.17. The number of anilines is 2. The fourth-order valence-electron chi connectivity index (χ4n) is 2.11. The van der Waals surface area contributed by atoms with E-state index in [1.807, 2.05) is 16.9 Å². The molecule has 162 valence electrons. The number of benzene rings is 3. The van der Waals surface area contributed by atoms with Crippen LogP contribution in [0.15, 0.2) is 72.8 Å². The van der Waals surface area contributed by atoms with Gasteiger partial charge in [-0.25, -0.2) is 11.7 Å². The summed E-state index contributed by atoms with van der Waals surface area (Å²) in [6.07, 6.45) is 0.578. The number of aldehydes is 1. The first-order valence-corrected chi connectivity index (χ1v) is 8.79. The molecule has 3 rings (SSSR count). The summed E-state index contributed by atoms with van der Waals surface area (Å²) in [7, 11) is 0. The minimum Gasteiger partial charge on any atom is -0.507 e. The molecule has 0 saturated heterocycles. The molecule has 10 heteroatoms. The Morgan fingerprint density at radius 1 is 0.806 bits per heavy atom.